The monoisotopic (exact) mass is 1270 g/mol. The van der Waals surface area contributed by atoms with Crippen molar-refractivity contribution in [1.82, 2.24) is 29.4 Å². The molecule has 14 saturated carbocycles. The van der Waals surface area contributed by atoms with Gasteiger partial charge in [0.25, 0.3) is 0 Å². The summed E-state index contributed by atoms with van der Waals surface area (Å²) in [5, 5.41) is 1.89. The lowest BCUT2D eigenvalue weighted by molar-refractivity contribution is -0.00978. The van der Waals surface area contributed by atoms with Crippen LogP contribution in [0.25, 0.3) is 0 Å². The van der Waals surface area contributed by atoms with E-state index >= 15 is 0 Å². The lowest BCUT2D eigenvalue weighted by Crippen LogP contribution is -2.55. The van der Waals surface area contributed by atoms with E-state index in [4.69, 9.17) is 0 Å². The molecule has 0 amide bonds. The molecule has 514 valence electrons. The van der Waals surface area contributed by atoms with Crippen LogP contribution in [0.5, 0.6) is 0 Å². The molecule has 0 bridgehead atoms. The molecule has 0 radical (unpaired) electrons. The molecule has 3 heterocycles. The summed E-state index contributed by atoms with van der Waals surface area (Å²) >= 11 is 2.68. The molecule has 18 atom stereocenters. The highest BCUT2D eigenvalue weighted by molar-refractivity contribution is 8.00. The van der Waals surface area contributed by atoms with Crippen molar-refractivity contribution < 1.29 is 0 Å². The first kappa shape index (κ1) is 64.5. The Balaban J connectivity index is 0.620. The fourth-order valence-corrected chi connectivity index (χ4v) is 31.8. The fourth-order valence-electron chi connectivity index (χ4n) is 29.6. The average Bonchev–Trinajstić information content (AvgIpc) is 1.65. The van der Waals surface area contributed by atoms with E-state index in [1.807, 2.05) is 0 Å². The Morgan fingerprint density at radius 3 is 0.593 bits per heavy atom. The van der Waals surface area contributed by atoms with Gasteiger partial charge in [-0.3, -0.25) is 29.4 Å². The average molecular weight is 1270 g/mol. The summed E-state index contributed by atoms with van der Waals surface area (Å²) in [5.41, 5.74) is 0. The molecule has 17 rings (SSSR count). The van der Waals surface area contributed by atoms with E-state index in [0.29, 0.717) is 0 Å². The third-order valence-corrected chi connectivity index (χ3v) is 34.8. The zero-order valence-electron chi connectivity index (χ0n) is 59.1. The Kier molecular flexibility index (Phi) is 21.1. The van der Waals surface area contributed by atoms with E-state index in [2.05, 4.69) is 41.2 Å². The molecule has 18 unspecified atom stereocenters. The molecular weight excluding hydrogens is 1130 g/mol. The van der Waals surface area contributed by atoms with Crippen molar-refractivity contribution in [3.8, 4) is 0 Å². The van der Waals surface area contributed by atoms with Crippen molar-refractivity contribution in [2.24, 2.45) is 35.5 Å². The van der Waals surface area contributed by atoms with Crippen molar-refractivity contribution in [1.29, 1.82) is 0 Å². The molecule has 0 N–H and O–H groups in total. The van der Waals surface area contributed by atoms with E-state index in [1.54, 1.807) is 89.9 Å². The number of nitrogens with zero attached hydrogens (tertiary/aromatic N) is 6. The molecule has 6 nitrogen and oxygen atoms in total. The Morgan fingerprint density at radius 1 is 0.176 bits per heavy atom. The topological polar surface area (TPSA) is 19.4 Å². The van der Waals surface area contributed by atoms with Crippen LogP contribution in [-0.2, 0) is 0 Å². The van der Waals surface area contributed by atoms with Gasteiger partial charge in [-0.25, -0.2) is 0 Å². The highest BCUT2D eigenvalue weighted by Crippen LogP contribution is 2.62. The molecule has 3 saturated heterocycles. The predicted octanol–water partition coefficient (Wildman–Crippen LogP) is 20.5. The van der Waals surface area contributed by atoms with Gasteiger partial charge in [-0.05, 0) is 254 Å². The summed E-state index contributed by atoms with van der Waals surface area (Å²) in [6.45, 7) is 0. The van der Waals surface area contributed by atoms with Crippen molar-refractivity contribution in [2.45, 2.75) is 492 Å². The maximum Gasteiger partial charge on any atom is 0.0134 e. The minimum absolute atomic E-state index is 0.870. The van der Waals surface area contributed by atoms with Crippen LogP contribution in [0.15, 0.2) is 0 Å². The van der Waals surface area contributed by atoms with Crippen molar-refractivity contribution in [2.75, 3.05) is 0 Å². The second-order valence-electron chi connectivity index (χ2n) is 37.3. The summed E-state index contributed by atoms with van der Waals surface area (Å²) < 4.78 is 0. The lowest BCUT2D eigenvalue weighted by Gasteiger charge is -2.51. The summed E-state index contributed by atoms with van der Waals surface area (Å²) in [7, 11) is 0. The highest BCUT2D eigenvalue weighted by atomic mass is 32.2. The number of likely N-dealkylation sites (tertiary alicyclic amines) is 2. The van der Waals surface area contributed by atoms with Gasteiger partial charge in [0.15, 0.2) is 0 Å². The summed E-state index contributed by atoms with van der Waals surface area (Å²) in [4.78, 5) is 20.6. The van der Waals surface area contributed by atoms with Crippen LogP contribution in [0.2, 0.25) is 0 Å². The van der Waals surface area contributed by atoms with Gasteiger partial charge in [0.05, 0.1) is 0 Å². The Bertz CT molecular complexity index is 1890. The summed E-state index contributed by atoms with van der Waals surface area (Å²) in [5.74, 6) is 5.88. The smallest absolute Gasteiger partial charge is 0.0134 e. The quantitative estimate of drug-likeness (QED) is 0.170. The summed E-state index contributed by atoms with van der Waals surface area (Å²) in [6.07, 6.45) is 88.5. The molecule has 3 aliphatic heterocycles. The molecule has 0 aromatic rings. The molecule has 91 heavy (non-hydrogen) atoms. The highest BCUT2D eigenvalue weighted by Gasteiger charge is 2.61. The van der Waals surface area contributed by atoms with Crippen LogP contribution in [0.1, 0.15) is 372 Å². The van der Waals surface area contributed by atoms with Gasteiger partial charge in [-0.15, -0.1) is 0 Å². The van der Waals surface area contributed by atoms with Gasteiger partial charge in [-0.2, -0.15) is 11.8 Å². The van der Waals surface area contributed by atoms with Crippen LogP contribution in [0, 0.1) is 35.5 Å². The Hall–Kier alpha value is 0.110. The van der Waals surface area contributed by atoms with Gasteiger partial charge >= 0.3 is 0 Å². The van der Waals surface area contributed by atoms with Crippen molar-refractivity contribution in [3.05, 3.63) is 0 Å². The molecule has 0 spiro atoms. The van der Waals surface area contributed by atoms with E-state index in [9.17, 15) is 0 Å². The molecule has 17 aliphatic rings. The Morgan fingerprint density at radius 2 is 0.385 bits per heavy atom. The van der Waals surface area contributed by atoms with Crippen molar-refractivity contribution >= 4 is 11.8 Å². The SMILES string of the molecule is C1CCC(N(C2CCCCC2)C2CCC3C(C2)C2CC(N(C4CCCCC4)C4CCCCC4)CCC2N3C2CCC3C(C2)SC2CC(N4C5CCC(N(C6CCCCC6)C6CCCCC6)CC5C5CC(N(C6CCCCC6)C6CCCCC6)CCC54)CCC23)CC1. The zero-order valence-corrected chi connectivity index (χ0v) is 59.9. The molecule has 14 aliphatic carbocycles. The van der Waals surface area contributed by atoms with Crippen LogP contribution in [-0.4, -0.2) is 149 Å². The largest absolute Gasteiger partial charge is 0.294 e. The molecular formula is C84H142N6S. The first-order valence-electron chi connectivity index (χ1n) is 43.4. The van der Waals surface area contributed by atoms with Gasteiger partial charge in [0, 0.05) is 119 Å². The van der Waals surface area contributed by atoms with Gasteiger partial charge in [-0.1, -0.05) is 154 Å². The van der Waals surface area contributed by atoms with Crippen LogP contribution in [0.3, 0.4) is 0 Å². The number of rotatable bonds is 14. The van der Waals surface area contributed by atoms with Crippen LogP contribution < -0.4 is 0 Å². The standard InChI is InChI=1S/C84H142N6S/c1-9-25-59(26-10-1)85(60-27-11-2-12-28-60)67-43-49-79-75(53-67)76-54-68(86(61-29-13-3-14-30-61)62-31-15-4-16-32-62)44-50-80(76)89(79)71-41-47-73-74-48-42-72(58-84(74)91-83(73)57-71)90-81-51-45-69(87(63-33-17-5-18-34-63)64-35-19-6-20-36-64)55-77(81)78-56-70(46-52-82(78)90)88(65-37-21-7-22-38-65)66-39-23-8-24-40-66/h59-84H,1-58H2. The van der Waals surface area contributed by atoms with Crippen molar-refractivity contribution in [3.63, 3.8) is 0 Å². The summed E-state index contributed by atoms with van der Waals surface area (Å²) in [6, 6.07) is 16.0. The molecule has 7 heteroatoms. The van der Waals surface area contributed by atoms with Gasteiger partial charge in [0.1, 0.15) is 0 Å². The van der Waals surface area contributed by atoms with Crippen LogP contribution >= 0.6 is 11.8 Å². The second kappa shape index (κ2) is 29.7. The van der Waals surface area contributed by atoms with E-state index in [1.165, 1.54) is 283 Å². The number of hydrogen-bond acceptors (Lipinski definition) is 7. The zero-order chi connectivity index (χ0) is 60.2. The molecule has 0 aromatic heterocycles. The maximum atomic E-state index is 3.52. The van der Waals surface area contributed by atoms with E-state index in [-0.39, 0.29) is 0 Å². The number of hydrogen-bond donors (Lipinski definition) is 0. The minimum atomic E-state index is 0.870. The fraction of sp³-hybridized carbons (Fsp3) is 1.00. The number of thioether (sulfide) groups is 1. The minimum Gasteiger partial charge on any atom is -0.294 e. The maximum absolute atomic E-state index is 3.52. The number of fused-ring (bicyclic) bond motifs is 9. The third kappa shape index (κ3) is 13.2. The van der Waals surface area contributed by atoms with E-state index < -0.39 is 0 Å². The lowest BCUT2D eigenvalue weighted by atomic mass is 9.69. The second-order valence-corrected chi connectivity index (χ2v) is 38.8. The predicted molar refractivity (Wildman–Crippen MR) is 383 cm³/mol. The molecule has 17 fully saturated rings. The first-order valence-corrected chi connectivity index (χ1v) is 44.4. The van der Waals surface area contributed by atoms with E-state index in [0.717, 1.165) is 155 Å². The first-order chi connectivity index (χ1) is 45.1. The normalized spacial score (nSPS) is 44.0. The third-order valence-electron chi connectivity index (χ3n) is 33.0. The Labute approximate surface area is 565 Å². The van der Waals surface area contributed by atoms with Crippen LogP contribution in [0.4, 0.5) is 0 Å². The van der Waals surface area contributed by atoms with Gasteiger partial charge in [0.2, 0.25) is 0 Å². The van der Waals surface area contributed by atoms with Gasteiger partial charge < -0.3 is 0 Å². The molecule has 0 aromatic carbocycles.